The summed E-state index contributed by atoms with van der Waals surface area (Å²) in [4.78, 5) is 32.7. The van der Waals surface area contributed by atoms with Crippen LogP contribution in [0.5, 0.6) is 0 Å². The molecule has 2 saturated heterocycles. The summed E-state index contributed by atoms with van der Waals surface area (Å²) in [6.45, 7) is 6.85. The van der Waals surface area contributed by atoms with Crippen LogP contribution in [0.15, 0.2) is 23.6 Å². The highest BCUT2D eigenvalue weighted by atomic mass is 32.1. The number of amides is 1. The van der Waals surface area contributed by atoms with Crippen LogP contribution >= 0.6 is 11.3 Å². The van der Waals surface area contributed by atoms with Gasteiger partial charge in [0.1, 0.15) is 5.69 Å². The summed E-state index contributed by atoms with van der Waals surface area (Å²) in [5, 5.41) is 16.8. The van der Waals surface area contributed by atoms with E-state index in [1.807, 2.05) is 10.3 Å². The van der Waals surface area contributed by atoms with Gasteiger partial charge in [-0.25, -0.2) is 4.98 Å². The lowest BCUT2D eigenvalue weighted by atomic mass is 9.99. The molecule has 0 atom stereocenters. The van der Waals surface area contributed by atoms with Crippen LogP contribution in [-0.2, 0) is 6.54 Å². The number of nitro benzene ring substituents is 1. The summed E-state index contributed by atoms with van der Waals surface area (Å²) in [5.41, 5.74) is 1.77. The summed E-state index contributed by atoms with van der Waals surface area (Å²) in [6, 6.07) is 4.70. The molecule has 1 aromatic carbocycles. The Labute approximate surface area is 180 Å². The number of aromatic nitrogens is 1. The van der Waals surface area contributed by atoms with E-state index in [0.717, 1.165) is 57.2 Å². The maximum Gasteiger partial charge on any atom is 0.293 e. The first kappa shape index (κ1) is 20.7. The van der Waals surface area contributed by atoms with Crippen LogP contribution < -0.4 is 10.2 Å². The molecule has 0 saturated carbocycles. The third-order valence-electron chi connectivity index (χ3n) is 5.92. The second kappa shape index (κ2) is 9.09. The summed E-state index contributed by atoms with van der Waals surface area (Å²) < 4.78 is 0. The molecule has 2 aliphatic rings. The zero-order chi connectivity index (χ0) is 21.1. The van der Waals surface area contributed by atoms with Crippen molar-refractivity contribution in [2.45, 2.75) is 39.2 Å². The van der Waals surface area contributed by atoms with Gasteiger partial charge in [-0.2, -0.15) is 0 Å². The van der Waals surface area contributed by atoms with E-state index in [4.69, 9.17) is 0 Å². The smallest absolute Gasteiger partial charge is 0.293 e. The zero-order valence-corrected chi connectivity index (χ0v) is 18.0. The Bertz CT molecular complexity index is 917. The number of benzene rings is 1. The van der Waals surface area contributed by atoms with E-state index in [1.54, 1.807) is 12.1 Å². The summed E-state index contributed by atoms with van der Waals surface area (Å²) in [6.07, 6.45) is 4.48. The van der Waals surface area contributed by atoms with Crippen molar-refractivity contribution in [3.8, 4) is 0 Å². The number of hydrogen-bond donors (Lipinski definition) is 1. The van der Waals surface area contributed by atoms with Gasteiger partial charge < -0.3 is 4.90 Å². The molecule has 0 spiro atoms. The fourth-order valence-corrected chi connectivity index (χ4v) is 4.79. The molecule has 3 heterocycles. The quantitative estimate of drug-likeness (QED) is 0.548. The molecule has 8 nitrogen and oxygen atoms in total. The van der Waals surface area contributed by atoms with Crippen LogP contribution in [0.25, 0.3) is 0 Å². The molecule has 2 aliphatic heterocycles. The average Bonchev–Trinajstić information content (AvgIpc) is 3.41. The van der Waals surface area contributed by atoms with Crippen LogP contribution in [-0.4, -0.2) is 46.9 Å². The molecule has 9 heteroatoms. The number of rotatable bonds is 6. The molecule has 0 bridgehead atoms. The van der Waals surface area contributed by atoms with Gasteiger partial charge in [-0.1, -0.05) is 6.92 Å². The highest BCUT2D eigenvalue weighted by molar-refractivity contribution is 7.14. The van der Waals surface area contributed by atoms with Gasteiger partial charge in [0.15, 0.2) is 5.13 Å². The maximum atomic E-state index is 12.7. The van der Waals surface area contributed by atoms with Crippen molar-refractivity contribution in [1.29, 1.82) is 0 Å². The van der Waals surface area contributed by atoms with E-state index >= 15 is 0 Å². The second-order valence-electron chi connectivity index (χ2n) is 8.21. The number of hydrogen-bond acceptors (Lipinski definition) is 7. The van der Waals surface area contributed by atoms with Crippen molar-refractivity contribution in [2.24, 2.45) is 5.92 Å². The number of thiazole rings is 1. The van der Waals surface area contributed by atoms with Crippen molar-refractivity contribution in [3.63, 3.8) is 0 Å². The van der Waals surface area contributed by atoms with Crippen LogP contribution in [0.4, 0.5) is 16.5 Å². The largest absolute Gasteiger partial charge is 0.366 e. The van der Waals surface area contributed by atoms with Crippen LogP contribution in [0.1, 0.15) is 48.7 Å². The lowest BCUT2D eigenvalue weighted by Gasteiger charge is -2.29. The molecular formula is C21H27N5O3S. The molecule has 160 valence electrons. The highest BCUT2D eigenvalue weighted by Gasteiger charge is 2.24. The number of carbonyl (C=O) groups is 1. The van der Waals surface area contributed by atoms with Gasteiger partial charge in [-0.15, -0.1) is 11.3 Å². The fraction of sp³-hybridized carbons (Fsp3) is 0.524. The van der Waals surface area contributed by atoms with Crippen molar-refractivity contribution >= 4 is 33.8 Å². The van der Waals surface area contributed by atoms with Crippen LogP contribution in [0.3, 0.4) is 0 Å². The molecule has 0 unspecified atom stereocenters. The molecule has 1 N–H and O–H groups in total. The summed E-state index contributed by atoms with van der Waals surface area (Å²) in [5.74, 6) is 0.409. The summed E-state index contributed by atoms with van der Waals surface area (Å²) >= 11 is 1.38. The Morgan fingerprint density at radius 2 is 2.00 bits per heavy atom. The SMILES string of the molecule is CC1CCN(Cc2csc(NC(=O)c3ccc(N4CCCC4)c([N+](=O)[O-])c3)n2)CC1. The predicted octanol–water partition coefficient (Wildman–Crippen LogP) is 4.14. The number of nitrogens with zero attached hydrogens (tertiary/aromatic N) is 4. The molecule has 30 heavy (non-hydrogen) atoms. The molecule has 0 aliphatic carbocycles. The predicted molar refractivity (Wildman–Crippen MR) is 118 cm³/mol. The molecular weight excluding hydrogens is 402 g/mol. The van der Waals surface area contributed by atoms with Crippen molar-refractivity contribution < 1.29 is 9.72 Å². The Hall–Kier alpha value is -2.52. The minimum atomic E-state index is -0.411. The van der Waals surface area contributed by atoms with Gasteiger partial charge in [0.25, 0.3) is 11.6 Å². The normalized spacial score (nSPS) is 18.0. The second-order valence-corrected chi connectivity index (χ2v) is 9.07. The Morgan fingerprint density at radius 3 is 2.70 bits per heavy atom. The standard InChI is InChI=1S/C21H27N5O3S/c1-15-6-10-24(11-7-15)13-17-14-30-21(22-17)23-20(27)16-4-5-18(19(12-16)26(28)29)25-8-2-3-9-25/h4-5,12,14-15H,2-3,6-11,13H2,1H3,(H,22,23,27). The molecule has 2 fully saturated rings. The van der Waals surface area contributed by atoms with Gasteiger partial charge in [0.2, 0.25) is 0 Å². The van der Waals surface area contributed by atoms with Crippen molar-refractivity contribution in [2.75, 3.05) is 36.4 Å². The number of anilines is 2. The molecule has 1 amide bonds. The van der Waals surface area contributed by atoms with E-state index in [1.165, 1.54) is 30.2 Å². The molecule has 2 aromatic rings. The van der Waals surface area contributed by atoms with Gasteiger partial charge in [0.05, 0.1) is 10.6 Å². The molecule has 4 rings (SSSR count). The Balaban J connectivity index is 1.42. The monoisotopic (exact) mass is 429 g/mol. The topological polar surface area (TPSA) is 91.6 Å². The van der Waals surface area contributed by atoms with Gasteiger partial charge in [-0.05, 0) is 56.8 Å². The number of carbonyl (C=O) groups excluding carboxylic acids is 1. The number of nitrogens with one attached hydrogen (secondary N) is 1. The van der Waals surface area contributed by atoms with E-state index in [9.17, 15) is 14.9 Å². The first-order valence-electron chi connectivity index (χ1n) is 10.5. The minimum absolute atomic E-state index is 0.0243. The average molecular weight is 430 g/mol. The van der Waals surface area contributed by atoms with Crippen LogP contribution in [0.2, 0.25) is 0 Å². The van der Waals surface area contributed by atoms with Crippen molar-refractivity contribution in [1.82, 2.24) is 9.88 Å². The van der Waals surface area contributed by atoms with E-state index in [0.29, 0.717) is 10.8 Å². The Kier molecular flexibility index (Phi) is 6.29. The molecule has 1 aromatic heterocycles. The first-order chi connectivity index (χ1) is 14.5. The first-order valence-corrected chi connectivity index (χ1v) is 11.4. The number of piperidine rings is 1. The lowest BCUT2D eigenvalue weighted by Crippen LogP contribution is -2.32. The zero-order valence-electron chi connectivity index (χ0n) is 17.2. The summed E-state index contributed by atoms with van der Waals surface area (Å²) in [7, 11) is 0. The number of nitro groups is 1. The van der Waals surface area contributed by atoms with Crippen molar-refractivity contribution in [3.05, 3.63) is 45.0 Å². The van der Waals surface area contributed by atoms with Crippen LogP contribution in [0, 0.1) is 16.0 Å². The Morgan fingerprint density at radius 1 is 1.27 bits per heavy atom. The third kappa shape index (κ3) is 4.79. The third-order valence-corrected chi connectivity index (χ3v) is 6.72. The molecule has 0 radical (unpaired) electrons. The van der Waals surface area contributed by atoms with E-state index < -0.39 is 4.92 Å². The maximum absolute atomic E-state index is 12.7. The van der Waals surface area contributed by atoms with Gasteiger partial charge in [-0.3, -0.25) is 25.1 Å². The van der Waals surface area contributed by atoms with E-state index in [-0.39, 0.29) is 17.2 Å². The van der Waals surface area contributed by atoms with Gasteiger partial charge >= 0.3 is 0 Å². The number of likely N-dealkylation sites (tertiary alicyclic amines) is 1. The van der Waals surface area contributed by atoms with Gasteiger partial charge in [0, 0.05) is 36.6 Å². The lowest BCUT2D eigenvalue weighted by molar-refractivity contribution is -0.384. The fourth-order valence-electron chi connectivity index (χ4n) is 4.09. The van der Waals surface area contributed by atoms with E-state index in [2.05, 4.69) is 22.1 Å². The minimum Gasteiger partial charge on any atom is -0.366 e. The highest BCUT2D eigenvalue weighted by Crippen LogP contribution is 2.32.